The quantitative estimate of drug-likeness (QED) is 0.572. The van der Waals surface area contributed by atoms with Crippen LogP contribution < -0.4 is 10.1 Å². The van der Waals surface area contributed by atoms with E-state index in [1.165, 1.54) is 0 Å². The van der Waals surface area contributed by atoms with Gasteiger partial charge in [-0.15, -0.1) is 0 Å². The number of carbonyl (C=O) groups is 1. The molecule has 0 spiro atoms. The predicted octanol–water partition coefficient (Wildman–Crippen LogP) is 3.09. The van der Waals surface area contributed by atoms with Crippen molar-refractivity contribution in [3.8, 4) is 5.75 Å². The fourth-order valence-corrected chi connectivity index (χ4v) is 4.16. The number of nitrogens with one attached hydrogen (secondary N) is 1. The van der Waals surface area contributed by atoms with Crippen LogP contribution in [0.4, 0.5) is 0 Å². The van der Waals surface area contributed by atoms with E-state index < -0.39 is 6.10 Å². The molecule has 2 aromatic rings. The van der Waals surface area contributed by atoms with Gasteiger partial charge < -0.3 is 28.8 Å². The van der Waals surface area contributed by atoms with Gasteiger partial charge in [-0.3, -0.25) is 4.79 Å². The highest BCUT2D eigenvalue weighted by Crippen LogP contribution is 2.38. The molecule has 1 amide bonds. The van der Waals surface area contributed by atoms with Crippen molar-refractivity contribution in [1.82, 2.24) is 10.2 Å². The number of hydrogen-bond donors (Lipinski definition) is 1. The largest absolute Gasteiger partial charge is 0.490 e. The highest BCUT2D eigenvalue weighted by atomic mass is 79.9. The number of rotatable bonds is 9. The lowest BCUT2D eigenvalue weighted by molar-refractivity contribution is -0.146. The second-order valence-electron chi connectivity index (χ2n) is 7.47. The third-order valence-electron chi connectivity index (χ3n) is 5.28. The average Bonchev–Trinajstić information content (AvgIpc) is 3.47. The maximum atomic E-state index is 13.1. The molecule has 2 fully saturated rings. The molecular formula is C21H27BrN2O5. The van der Waals surface area contributed by atoms with Crippen LogP contribution in [-0.4, -0.2) is 63.0 Å². The predicted molar refractivity (Wildman–Crippen MR) is 112 cm³/mol. The summed E-state index contributed by atoms with van der Waals surface area (Å²) in [5, 5.41) is 4.19. The topological polar surface area (TPSA) is 73.2 Å². The van der Waals surface area contributed by atoms with E-state index in [4.69, 9.17) is 18.6 Å². The molecule has 0 unspecified atom stereocenters. The van der Waals surface area contributed by atoms with Crippen LogP contribution in [0.2, 0.25) is 0 Å². The van der Waals surface area contributed by atoms with Gasteiger partial charge in [-0.2, -0.15) is 0 Å². The molecule has 7 nitrogen and oxygen atoms in total. The van der Waals surface area contributed by atoms with Crippen molar-refractivity contribution in [3.05, 3.63) is 28.4 Å². The molecule has 0 bridgehead atoms. The summed E-state index contributed by atoms with van der Waals surface area (Å²) in [4.78, 5) is 15.1. The number of methoxy groups -OCH3 is 1. The minimum absolute atomic E-state index is 0.0569. The second-order valence-corrected chi connectivity index (χ2v) is 8.26. The summed E-state index contributed by atoms with van der Waals surface area (Å²) in [6, 6.07) is 4.18. The van der Waals surface area contributed by atoms with E-state index in [0.717, 1.165) is 41.2 Å². The summed E-state index contributed by atoms with van der Waals surface area (Å²) in [5.74, 6) is 0.750. The van der Waals surface area contributed by atoms with Gasteiger partial charge in [-0.25, -0.2) is 0 Å². The fourth-order valence-electron chi connectivity index (χ4n) is 3.61. The molecule has 1 aromatic carbocycles. The SMILES string of the molecule is COCCCOc1cc(CN(C(=O)[C@H]2CNCCO2)C2CC2)c(Br)c2ccoc12. The van der Waals surface area contributed by atoms with E-state index in [1.54, 1.807) is 13.4 Å². The normalized spacial score (nSPS) is 19.4. The van der Waals surface area contributed by atoms with Gasteiger partial charge in [0.1, 0.15) is 6.10 Å². The molecule has 1 atom stereocenters. The molecule has 2 heterocycles. The Labute approximate surface area is 178 Å². The molecule has 158 valence electrons. The average molecular weight is 467 g/mol. The molecule has 1 saturated heterocycles. The molecule has 2 aliphatic rings. The van der Waals surface area contributed by atoms with Gasteiger partial charge in [-0.05, 0) is 46.5 Å². The Bertz CT molecular complexity index is 845. The first-order valence-electron chi connectivity index (χ1n) is 10.1. The lowest BCUT2D eigenvalue weighted by Crippen LogP contribution is -2.49. The first kappa shape index (κ1) is 20.7. The zero-order valence-corrected chi connectivity index (χ0v) is 18.2. The minimum atomic E-state index is -0.412. The van der Waals surface area contributed by atoms with Crippen LogP contribution in [0, 0.1) is 0 Å². The van der Waals surface area contributed by atoms with E-state index in [2.05, 4.69) is 21.2 Å². The smallest absolute Gasteiger partial charge is 0.253 e. The molecular weight excluding hydrogens is 440 g/mol. The van der Waals surface area contributed by atoms with Crippen molar-refractivity contribution in [3.63, 3.8) is 0 Å². The Kier molecular flexibility index (Phi) is 6.74. The Morgan fingerprint density at radius 2 is 2.24 bits per heavy atom. The van der Waals surface area contributed by atoms with Crippen molar-refractivity contribution < 1.29 is 23.4 Å². The molecule has 1 N–H and O–H groups in total. The lowest BCUT2D eigenvalue weighted by atomic mass is 10.1. The van der Waals surface area contributed by atoms with Crippen molar-refractivity contribution in [2.45, 2.75) is 38.0 Å². The summed E-state index contributed by atoms with van der Waals surface area (Å²) in [5.41, 5.74) is 1.71. The van der Waals surface area contributed by atoms with Gasteiger partial charge in [0.05, 0.1) is 19.5 Å². The van der Waals surface area contributed by atoms with Crippen molar-refractivity contribution in [2.75, 3.05) is 40.0 Å². The third-order valence-corrected chi connectivity index (χ3v) is 6.21. The van der Waals surface area contributed by atoms with E-state index in [1.807, 2.05) is 17.0 Å². The van der Waals surface area contributed by atoms with Gasteiger partial charge in [0.15, 0.2) is 11.3 Å². The van der Waals surface area contributed by atoms with Crippen LogP contribution in [0.5, 0.6) is 5.75 Å². The number of halogens is 1. The molecule has 1 saturated carbocycles. The van der Waals surface area contributed by atoms with Crippen molar-refractivity contribution in [1.29, 1.82) is 0 Å². The second kappa shape index (κ2) is 9.47. The third kappa shape index (κ3) is 4.77. The fraction of sp³-hybridized carbons (Fsp3) is 0.571. The number of furan rings is 1. The van der Waals surface area contributed by atoms with Crippen molar-refractivity contribution in [2.24, 2.45) is 0 Å². The van der Waals surface area contributed by atoms with Gasteiger partial charge in [0, 0.05) is 55.7 Å². The van der Waals surface area contributed by atoms with Crippen LogP contribution >= 0.6 is 15.9 Å². The number of nitrogens with zero attached hydrogens (tertiary/aromatic N) is 1. The lowest BCUT2D eigenvalue weighted by Gasteiger charge is -2.30. The van der Waals surface area contributed by atoms with Crippen molar-refractivity contribution >= 4 is 32.8 Å². The molecule has 1 aliphatic heterocycles. The maximum absolute atomic E-state index is 13.1. The number of amides is 1. The number of morpholine rings is 1. The Balaban J connectivity index is 1.56. The first-order valence-corrected chi connectivity index (χ1v) is 10.9. The van der Waals surface area contributed by atoms with Crippen LogP contribution in [0.1, 0.15) is 24.8 Å². The highest BCUT2D eigenvalue weighted by molar-refractivity contribution is 9.10. The molecule has 1 aliphatic carbocycles. The van der Waals surface area contributed by atoms with Crippen LogP contribution in [-0.2, 0) is 20.8 Å². The number of benzene rings is 1. The summed E-state index contributed by atoms with van der Waals surface area (Å²) < 4.78 is 23.4. The molecule has 0 radical (unpaired) electrons. The number of hydrogen-bond acceptors (Lipinski definition) is 6. The Hall–Kier alpha value is -1.61. The molecule has 4 rings (SSSR count). The standard InChI is InChI=1S/C21H27BrN2O5/c1-26-7-2-8-27-17-11-14(19(22)16-5-9-29-20(16)17)13-24(15-3-4-15)21(25)18-12-23-6-10-28-18/h5,9,11,15,18,23H,2-4,6-8,10,12-13H2,1H3/t18-/m1/s1. The van der Waals surface area contributed by atoms with Crippen LogP contribution in [0.25, 0.3) is 11.0 Å². The van der Waals surface area contributed by atoms with Gasteiger partial charge in [0.2, 0.25) is 0 Å². The van der Waals surface area contributed by atoms with E-state index in [0.29, 0.717) is 44.2 Å². The van der Waals surface area contributed by atoms with Gasteiger partial charge >= 0.3 is 0 Å². The van der Waals surface area contributed by atoms with E-state index >= 15 is 0 Å². The summed E-state index contributed by atoms with van der Waals surface area (Å²) in [6.45, 7) is 3.62. The maximum Gasteiger partial charge on any atom is 0.253 e. The minimum Gasteiger partial charge on any atom is -0.490 e. The Morgan fingerprint density at radius 1 is 1.38 bits per heavy atom. The highest BCUT2D eigenvalue weighted by Gasteiger charge is 2.37. The van der Waals surface area contributed by atoms with E-state index in [-0.39, 0.29) is 11.9 Å². The van der Waals surface area contributed by atoms with Crippen LogP contribution in [0.15, 0.2) is 27.3 Å². The monoisotopic (exact) mass is 466 g/mol. The first-order chi connectivity index (χ1) is 14.2. The molecule has 1 aromatic heterocycles. The van der Waals surface area contributed by atoms with Gasteiger partial charge in [0.25, 0.3) is 5.91 Å². The van der Waals surface area contributed by atoms with Gasteiger partial charge in [-0.1, -0.05) is 0 Å². The summed E-state index contributed by atoms with van der Waals surface area (Å²) >= 11 is 3.71. The summed E-state index contributed by atoms with van der Waals surface area (Å²) in [6.07, 6.45) is 4.12. The zero-order valence-electron chi connectivity index (χ0n) is 16.6. The molecule has 8 heteroatoms. The van der Waals surface area contributed by atoms with E-state index in [9.17, 15) is 4.79 Å². The van der Waals surface area contributed by atoms with Crippen LogP contribution in [0.3, 0.4) is 0 Å². The number of carbonyl (C=O) groups excluding carboxylic acids is 1. The zero-order chi connectivity index (χ0) is 20.2. The number of fused-ring (bicyclic) bond motifs is 1. The number of ether oxygens (including phenoxy) is 3. The molecule has 29 heavy (non-hydrogen) atoms. The Morgan fingerprint density at radius 3 is 2.97 bits per heavy atom. The summed E-state index contributed by atoms with van der Waals surface area (Å²) in [7, 11) is 1.68.